The van der Waals surface area contributed by atoms with Gasteiger partial charge < -0.3 is 11.1 Å². The molecule has 4 N–H and O–H groups in total. The number of hydrogen-bond acceptors (Lipinski definition) is 6. The van der Waals surface area contributed by atoms with E-state index in [0.717, 1.165) is 40.3 Å². The summed E-state index contributed by atoms with van der Waals surface area (Å²) in [4.78, 5) is 0. The second kappa shape index (κ2) is 6.33. The van der Waals surface area contributed by atoms with E-state index in [9.17, 15) is 8.42 Å². The van der Waals surface area contributed by atoms with Crippen LogP contribution in [-0.2, 0) is 10.0 Å². The molecule has 4 aromatic rings. The summed E-state index contributed by atoms with van der Waals surface area (Å²) in [5, 5.41) is 17.1. The molecule has 9 heteroatoms. The monoisotopic (exact) mass is 474 g/mol. The summed E-state index contributed by atoms with van der Waals surface area (Å²) in [5.74, 6) is 2.70. The molecule has 2 bridgehead atoms. The van der Waals surface area contributed by atoms with Gasteiger partial charge in [-0.3, -0.25) is 5.10 Å². The lowest BCUT2D eigenvalue weighted by Crippen LogP contribution is -2.35. The molecule has 0 saturated heterocycles. The molecular formula is C25H26N6O2S. The van der Waals surface area contributed by atoms with Crippen LogP contribution in [0.3, 0.4) is 0 Å². The van der Waals surface area contributed by atoms with E-state index in [4.69, 9.17) is 5.73 Å². The summed E-state index contributed by atoms with van der Waals surface area (Å²) in [6.45, 7) is 0. The van der Waals surface area contributed by atoms with Gasteiger partial charge in [0.25, 0.3) is 10.0 Å². The van der Waals surface area contributed by atoms with Crippen LogP contribution in [0, 0.1) is 17.8 Å². The van der Waals surface area contributed by atoms with E-state index in [2.05, 4.69) is 44.9 Å². The van der Waals surface area contributed by atoms with Gasteiger partial charge in [-0.2, -0.15) is 14.3 Å². The van der Waals surface area contributed by atoms with Gasteiger partial charge in [0, 0.05) is 16.5 Å². The standard InChI is InChI=1S/C25H26N6O2S/c26-25-16-10-14(3-6-18(16)29-30-25)24-22-13-2-1-12(9-13)21(22)23-17-11-27-31(34(32,33)15-4-5-15)20(17)8-7-19(23)28-24/h3,6-8,10-13,15,21-22,24,28H,1-2,4-5,9H2,(H3,26,29,30)/t12?,13?,21-,22+,24-/m0/s1. The molecule has 0 spiro atoms. The number of nitrogens with one attached hydrogen (secondary N) is 2. The van der Waals surface area contributed by atoms with Crippen LogP contribution in [0.25, 0.3) is 21.8 Å². The Morgan fingerprint density at radius 1 is 1.03 bits per heavy atom. The SMILES string of the molecule is Nc1n[nH]c2ccc([C@@H]3Nc4ccc5c(cnn5S(=O)(=O)C5CC5)c4[C@H]4C5CCC(C5)[C@@H]34)cc12. The molecular weight excluding hydrogens is 448 g/mol. The molecule has 0 amide bonds. The van der Waals surface area contributed by atoms with Crippen molar-refractivity contribution >= 4 is 43.3 Å². The smallest absolute Gasteiger partial charge is 0.257 e. The van der Waals surface area contributed by atoms with Gasteiger partial charge in [0.15, 0.2) is 5.82 Å². The first kappa shape index (κ1) is 19.3. The van der Waals surface area contributed by atoms with Crippen LogP contribution in [0.2, 0.25) is 0 Å². The Hall–Kier alpha value is -3.07. The molecule has 3 fully saturated rings. The molecule has 4 aliphatic rings. The molecule has 3 heterocycles. The van der Waals surface area contributed by atoms with Gasteiger partial charge in [-0.1, -0.05) is 6.07 Å². The highest BCUT2D eigenvalue weighted by atomic mass is 32.2. The molecule has 2 unspecified atom stereocenters. The van der Waals surface area contributed by atoms with Crippen molar-refractivity contribution in [3.63, 3.8) is 0 Å². The number of benzene rings is 2. The topological polar surface area (TPSA) is 119 Å². The fourth-order valence-electron chi connectivity index (χ4n) is 7.35. The molecule has 8 nitrogen and oxygen atoms in total. The maximum atomic E-state index is 13.0. The summed E-state index contributed by atoms with van der Waals surface area (Å²) in [6.07, 6.45) is 7.01. The zero-order valence-electron chi connectivity index (χ0n) is 18.6. The number of fused-ring (bicyclic) bond motifs is 10. The van der Waals surface area contributed by atoms with Crippen molar-refractivity contribution < 1.29 is 8.42 Å². The van der Waals surface area contributed by atoms with Crippen LogP contribution in [0.15, 0.2) is 36.5 Å². The maximum absolute atomic E-state index is 13.0. The number of nitrogens with zero attached hydrogens (tertiary/aromatic N) is 3. The molecule has 3 saturated carbocycles. The highest BCUT2D eigenvalue weighted by Crippen LogP contribution is 2.64. The predicted molar refractivity (Wildman–Crippen MR) is 131 cm³/mol. The highest BCUT2D eigenvalue weighted by molar-refractivity contribution is 7.90. The lowest BCUT2D eigenvalue weighted by atomic mass is 9.67. The number of aromatic nitrogens is 4. The molecule has 3 aliphatic carbocycles. The summed E-state index contributed by atoms with van der Waals surface area (Å²) in [6, 6.07) is 10.6. The number of rotatable bonds is 3. The van der Waals surface area contributed by atoms with Crippen molar-refractivity contribution in [2.75, 3.05) is 11.1 Å². The van der Waals surface area contributed by atoms with Crippen LogP contribution in [0.5, 0.6) is 0 Å². The summed E-state index contributed by atoms with van der Waals surface area (Å²) in [5.41, 5.74) is 11.4. The Morgan fingerprint density at radius 3 is 2.74 bits per heavy atom. The average Bonchev–Trinajstić information content (AvgIpc) is 3.18. The third kappa shape index (κ3) is 2.40. The van der Waals surface area contributed by atoms with E-state index in [1.165, 1.54) is 34.5 Å². The predicted octanol–water partition coefficient (Wildman–Crippen LogP) is 4.13. The third-order valence-corrected chi connectivity index (χ3v) is 11.0. The first-order valence-electron chi connectivity index (χ1n) is 12.3. The van der Waals surface area contributed by atoms with Gasteiger partial charge >= 0.3 is 0 Å². The van der Waals surface area contributed by atoms with Crippen molar-refractivity contribution in [1.82, 2.24) is 19.4 Å². The average molecular weight is 475 g/mol. The van der Waals surface area contributed by atoms with Gasteiger partial charge in [-0.25, -0.2) is 8.42 Å². The zero-order chi connectivity index (χ0) is 22.8. The second-order valence-electron chi connectivity index (χ2n) is 10.7. The van der Waals surface area contributed by atoms with Gasteiger partial charge in [0.2, 0.25) is 0 Å². The van der Waals surface area contributed by atoms with Crippen molar-refractivity contribution in [1.29, 1.82) is 0 Å². The minimum atomic E-state index is -3.42. The van der Waals surface area contributed by atoms with Crippen LogP contribution in [0.4, 0.5) is 11.5 Å². The Labute approximate surface area is 196 Å². The molecule has 2 aromatic carbocycles. The summed E-state index contributed by atoms with van der Waals surface area (Å²) < 4.78 is 27.3. The number of hydrogen-bond donors (Lipinski definition) is 3. The number of nitrogens with two attached hydrogens (primary N) is 1. The van der Waals surface area contributed by atoms with Gasteiger partial charge in [-0.05, 0) is 91.2 Å². The lowest BCUT2D eigenvalue weighted by Gasteiger charge is -2.43. The van der Waals surface area contributed by atoms with E-state index in [1.54, 1.807) is 6.20 Å². The highest BCUT2D eigenvalue weighted by Gasteiger charge is 2.54. The van der Waals surface area contributed by atoms with Crippen LogP contribution < -0.4 is 11.1 Å². The quantitative estimate of drug-likeness (QED) is 0.411. The number of aromatic amines is 1. The summed E-state index contributed by atoms with van der Waals surface area (Å²) >= 11 is 0. The van der Waals surface area contributed by atoms with Crippen molar-refractivity contribution in [3.8, 4) is 0 Å². The number of nitrogen functional groups attached to an aromatic ring is 1. The van der Waals surface area contributed by atoms with Gasteiger partial charge in [-0.15, -0.1) is 0 Å². The Morgan fingerprint density at radius 2 is 1.88 bits per heavy atom. The molecule has 2 aromatic heterocycles. The minimum absolute atomic E-state index is 0.189. The fraction of sp³-hybridized carbons (Fsp3) is 0.440. The largest absolute Gasteiger partial charge is 0.382 e. The van der Waals surface area contributed by atoms with E-state index in [1.807, 2.05) is 6.07 Å². The zero-order valence-corrected chi connectivity index (χ0v) is 19.4. The van der Waals surface area contributed by atoms with Crippen molar-refractivity contribution in [3.05, 3.63) is 47.7 Å². The van der Waals surface area contributed by atoms with Crippen molar-refractivity contribution in [2.24, 2.45) is 17.8 Å². The van der Waals surface area contributed by atoms with E-state index < -0.39 is 10.0 Å². The lowest BCUT2D eigenvalue weighted by molar-refractivity contribution is 0.249. The van der Waals surface area contributed by atoms with Gasteiger partial charge in [0.05, 0.1) is 28.5 Å². The Balaban J connectivity index is 1.31. The summed E-state index contributed by atoms with van der Waals surface area (Å²) in [7, 11) is -3.42. The third-order valence-electron chi connectivity index (χ3n) is 8.93. The van der Waals surface area contributed by atoms with E-state index in [0.29, 0.717) is 29.5 Å². The molecule has 1 aliphatic heterocycles. The molecule has 34 heavy (non-hydrogen) atoms. The van der Waals surface area contributed by atoms with Crippen LogP contribution >= 0.6 is 0 Å². The van der Waals surface area contributed by atoms with Crippen LogP contribution in [0.1, 0.15) is 55.2 Å². The minimum Gasteiger partial charge on any atom is -0.382 e. The number of H-pyrrole nitrogens is 1. The second-order valence-corrected chi connectivity index (χ2v) is 12.7. The van der Waals surface area contributed by atoms with Crippen LogP contribution in [-0.4, -0.2) is 33.1 Å². The fourth-order valence-corrected chi connectivity index (χ4v) is 8.98. The number of anilines is 2. The maximum Gasteiger partial charge on any atom is 0.257 e. The molecule has 5 atom stereocenters. The Bertz CT molecular complexity index is 1600. The van der Waals surface area contributed by atoms with E-state index >= 15 is 0 Å². The normalized spacial score (nSPS) is 29.9. The van der Waals surface area contributed by atoms with Gasteiger partial charge in [0.1, 0.15) is 0 Å². The molecule has 8 rings (SSSR count). The van der Waals surface area contributed by atoms with Crippen molar-refractivity contribution in [2.45, 2.75) is 49.3 Å². The first-order chi connectivity index (χ1) is 16.5. The molecule has 0 radical (unpaired) electrons. The first-order valence-corrected chi connectivity index (χ1v) is 13.8. The molecule has 174 valence electrons. The van der Waals surface area contributed by atoms with E-state index in [-0.39, 0.29) is 11.3 Å². The Kier molecular flexibility index (Phi) is 3.58.